The molecule has 10 heteroatoms. The summed E-state index contributed by atoms with van der Waals surface area (Å²) < 4.78 is 30.6. The van der Waals surface area contributed by atoms with Gasteiger partial charge in [-0.05, 0) is 12.1 Å². The predicted octanol–water partition coefficient (Wildman–Crippen LogP) is -0.546. The lowest BCUT2D eigenvalue weighted by molar-refractivity contribution is -0.123. The number of fused-ring (bicyclic) bond motifs is 1. The van der Waals surface area contributed by atoms with Gasteiger partial charge in [-0.3, -0.25) is 4.79 Å². The minimum atomic E-state index is -3.35. The molecule has 1 saturated heterocycles. The fraction of sp³-hybridized carbons (Fsp3) is 0.533. The number of nitrogens with zero attached hydrogens (tertiary/aromatic N) is 4. The SMILES string of the molecule is CN(C)S(=O)(=O)C[C@@H]1COC[C@@H]1NC(=O)Cn1nc2ccccc2n1. The van der Waals surface area contributed by atoms with Gasteiger partial charge >= 0.3 is 0 Å². The molecule has 2 atom stereocenters. The lowest BCUT2D eigenvalue weighted by Gasteiger charge is -2.20. The molecular formula is C15H21N5O4S. The Balaban J connectivity index is 1.61. The molecule has 3 rings (SSSR count). The Labute approximate surface area is 146 Å². The molecule has 1 fully saturated rings. The van der Waals surface area contributed by atoms with Crippen molar-refractivity contribution in [2.75, 3.05) is 33.1 Å². The number of hydrogen-bond donors (Lipinski definition) is 1. The van der Waals surface area contributed by atoms with Gasteiger partial charge in [-0.1, -0.05) is 12.1 Å². The van der Waals surface area contributed by atoms with Gasteiger partial charge in [0, 0.05) is 20.0 Å². The van der Waals surface area contributed by atoms with Crippen molar-refractivity contribution in [1.29, 1.82) is 0 Å². The summed E-state index contributed by atoms with van der Waals surface area (Å²) >= 11 is 0. The number of ether oxygens (including phenoxy) is 1. The number of carbonyl (C=O) groups excluding carboxylic acids is 1. The third kappa shape index (κ3) is 4.14. The predicted molar refractivity (Wildman–Crippen MR) is 91.2 cm³/mol. The highest BCUT2D eigenvalue weighted by atomic mass is 32.2. The van der Waals surface area contributed by atoms with Crippen LogP contribution in [0, 0.1) is 5.92 Å². The van der Waals surface area contributed by atoms with Crippen LogP contribution < -0.4 is 5.32 Å². The van der Waals surface area contributed by atoms with Crippen LogP contribution in [0.15, 0.2) is 24.3 Å². The van der Waals surface area contributed by atoms with Crippen LogP contribution >= 0.6 is 0 Å². The van der Waals surface area contributed by atoms with E-state index in [1.807, 2.05) is 24.3 Å². The van der Waals surface area contributed by atoms with E-state index in [0.717, 1.165) is 11.0 Å². The summed E-state index contributed by atoms with van der Waals surface area (Å²) in [6.07, 6.45) is 0. The van der Waals surface area contributed by atoms with Crippen LogP contribution in [0.4, 0.5) is 0 Å². The Bertz CT molecular complexity index is 831. The third-order valence-electron chi connectivity index (χ3n) is 4.14. The van der Waals surface area contributed by atoms with Crippen LogP contribution in [0.3, 0.4) is 0 Å². The second-order valence-electron chi connectivity index (χ2n) is 6.25. The number of hydrogen-bond acceptors (Lipinski definition) is 6. The number of carbonyl (C=O) groups is 1. The normalized spacial score (nSPS) is 21.1. The van der Waals surface area contributed by atoms with Gasteiger partial charge in [-0.25, -0.2) is 12.7 Å². The molecule has 2 aromatic rings. The molecule has 1 aliphatic rings. The number of sulfonamides is 1. The van der Waals surface area contributed by atoms with Crippen LogP contribution in [0.5, 0.6) is 0 Å². The van der Waals surface area contributed by atoms with Crippen molar-refractivity contribution in [1.82, 2.24) is 24.6 Å². The second kappa shape index (κ2) is 7.06. The molecule has 0 aliphatic carbocycles. The first-order valence-corrected chi connectivity index (χ1v) is 9.53. The van der Waals surface area contributed by atoms with E-state index in [9.17, 15) is 13.2 Å². The highest BCUT2D eigenvalue weighted by molar-refractivity contribution is 7.89. The summed E-state index contributed by atoms with van der Waals surface area (Å²) in [5.74, 6) is -0.612. The van der Waals surface area contributed by atoms with Gasteiger partial charge in [0.1, 0.15) is 17.6 Å². The molecule has 25 heavy (non-hydrogen) atoms. The molecule has 0 bridgehead atoms. The summed E-state index contributed by atoms with van der Waals surface area (Å²) in [4.78, 5) is 13.6. The number of amides is 1. The molecule has 0 unspecified atom stereocenters. The van der Waals surface area contributed by atoms with Crippen molar-refractivity contribution in [2.45, 2.75) is 12.6 Å². The van der Waals surface area contributed by atoms with E-state index in [0.29, 0.717) is 13.2 Å². The van der Waals surface area contributed by atoms with Crippen molar-refractivity contribution in [2.24, 2.45) is 5.92 Å². The molecule has 1 aliphatic heterocycles. The number of nitrogens with one attached hydrogen (secondary N) is 1. The van der Waals surface area contributed by atoms with Gasteiger partial charge < -0.3 is 10.1 Å². The first-order chi connectivity index (χ1) is 11.8. The maximum absolute atomic E-state index is 12.3. The van der Waals surface area contributed by atoms with Gasteiger partial charge in [0.25, 0.3) is 0 Å². The summed E-state index contributed by atoms with van der Waals surface area (Å²) in [5, 5.41) is 11.3. The van der Waals surface area contributed by atoms with Crippen molar-refractivity contribution in [3.05, 3.63) is 24.3 Å². The molecule has 1 aromatic carbocycles. The minimum Gasteiger partial charge on any atom is -0.379 e. The van der Waals surface area contributed by atoms with Gasteiger partial charge in [-0.2, -0.15) is 15.0 Å². The average molecular weight is 367 g/mol. The van der Waals surface area contributed by atoms with Crippen LogP contribution in [-0.4, -0.2) is 72.7 Å². The molecular weight excluding hydrogens is 346 g/mol. The fourth-order valence-corrected chi connectivity index (χ4v) is 3.87. The number of aromatic nitrogens is 3. The third-order valence-corrected chi connectivity index (χ3v) is 6.10. The van der Waals surface area contributed by atoms with E-state index >= 15 is 0 Å². The molecule has 0 radical (unpaired) electrons. The van der Waals surface area contributed by atoms with Crippen LogP contribution in [-0.2, 0) is 26.1 Å². The smallest absolute Gasteiger partial charge is 0.243 e. The van der Waals surface area contributed by atoms with E-state index in [1.54, 1.807) is 0 Å². The van der Waals surface area contributed by atoms with Crippen LogP contribution in [0.1, 0.15) is 0 Å². The van der Waals surface area contributed by atoms with Gasteiger partial charge in [-0.15, -0.1) is 0 Å². The standard InChI is InChI=1S/C15H21N5O4S/c1-19(2)25(22,23)10-11-8-24-9-14(11)16-15(21)7-20-17-12-5-3-4-6-13(12)18-20/h3-6,11,14H,7-10H2,1-2H3,(H,16,21)/t11-,14-/m0/s1. The highest BCUT2D eigenvalue weighted by Gasteiger charge is 2.34. The maximum Gasteiger partial charge on any atom is 0.243 e. The van der Waals surface area contributed by atoms with E-state index in [4.69, 9.17) is 4.74 Å². The van der Waals surface area contributed by atoms with Crippen molar-refractivity contribution < 1.29 is 17.9 Å². The van der Waals surface area contributed by atoms with Crippen LogP contribution in [0.25, 0.3) is 11.0 Å². The van der Waals surface area contributed by atoms with E-state index in [-0.39, 0.29) is 30.2 Å². The minimum absolute atomic E-state index is 0.0294. The molecule has 136 valence electrons. The lowest BCUT2D eigenvalue weighted by Crippen LogP contribution is -2.44. The van der Waals surface area contributed by atoms with Crippen molar-refractivity contribution in [3.8, 4) is 0 Å². The summed E-state index contributed by atoms with van der Waals surface area (Å²) in [5.41, 5.74) is 1.43. The Morgan fingerprint density at radius 2 is 1.92 bits per heavy atom. The van der Waals surface area contributed by atoms with Gasteiger partial charge in [0.2, 0.25) is 15.9 Å². The summed E-state index contributed by atoms with van der Waals surface area (Å²) in [6.45, 7) is 0.577. The molecule has 1 aromatic heterocycles. The van der Waals surface area contributed by atoms with Crippen molar-refractivity contribution in [3.63, 3.8) is 0 Å². The number of rotatable bonds is 6. The Hall–Kier alpha value is -2.04. The maximum atomic E-state index is 12.3. The van der Waals surface area contributed by atoms with Gasteiger partial charge in [0.15, 0.2) is 0 Å². The first kappa shape index (κ1) is 17.8. The van der Waals surface area contributed by atoms with Crippen LogP contribution in [0.2, 0.25) is 0 Å². The van der Waals surface area contributed by atoms with Crippen molar-refractivity contribution >= 4 is 27.0 Å². The zero-order valence-corrected chi connectivity index (χ0v) is 14.9. The Morgan fingerprint density at radius 1 is 1.28 bits per heavy atom. The zero-order chi connectivity index (χ0) is 18.0. The highest BCUT2D eigenvalue weighted by Crippen LogP contribution is 2.17. The first-order valence-electron chi connectivity index (χ1n) is 7.92. The van der Waals surface area contributed by atoms with Gasteiger partial charge in [0.05, 0.1) is 25.0 Å². The molecule has 0 saturated carbocycles. The molecule has 1 amide bonds. The fourth-order valence-electron chi connectivity index (χ4n) is 2.70. The summed E-state index contributed by atoms with van der Waals surface area (Å²) in [6, 6.07) is 7.01. The quantitative estimate of drug-likeness (QED) is 0.735. The monoisotopic (exact) mass is 367 g/mol. The molecule has 1 N–H and O–H groups in total. The second-order valence-corrected chi connectivity index (χ2v) is 8.48. The molecule has 9 nitrogen and oxygen atoms in total. The molecule has 0 spiro atoms. The molecule has 2 heterocycles. The number of benzene rings is 1. The average Bonchev–Trinajstić information content (AvgIpc) is 3.13. The Morgan fingerprint density at radius 3 is 2.52 bits per heavy atom. The Kier molecular flexibility index (Phi) is 5.02. The lowest BCUT2D eigenvalue weighted by atomic mass is 10.1. The topological polar surface area (TPSA) is 106 Å². The summed E-state index contributed by atoms with van der Waals surface area (Å²) in [7, 11) is -0.369. The van der Waals surface area contributed by atoms with E-state index in [2.05, 4.69) is 15.5 Å². The largest absolute Gasteiger partial charge is 0.379 e. The van der Waals surface area contributed by atoms with E-state index < -0.39 is 10.0 Å². The van der Waals surface area contributed by atoms with E-state index in [1.165, 1.54) is 23.2 Å². The zero-order valence-electron chi connectivity index (χ0n) is 14.1.